The molecule has 0 saturated carbocycles. The zero-order valence-electron chi connectivity index (χ0n) is 19.9. The Morgan fingerprint density at radius 3 is 2.97 bits per heavy atom. The summed E-state index contributed by atoms with van der Waals surface area (Å²) in [5, 5.41) is 13.4. The SMILES string of the molecule is COC[C@@H]1CCc2cc3c(c(NC(=O)N=S(N)(=O)c4cnn5c4OC[C@H]5CN(C)C)c21)CCC3. The summed E-state index contributed by atoms with van der Waals surface area (Å²) in [6, 6.07) is 1.54. The van der Waals surface area contributed by atoms with Gasteiger partial charge in [0.25, 0.3) is 0 Å². The number of aromatic nitrogens is 2. The van der Waals surface area contributed by atoms with Crippen molar-refractivity contribution >= 4 is 21.6 Å². The molecule has 2 aliphatic carbocycles. The Bertz CT molecular complexity index is 1250. The first-order valence-electron chi connectivity index (χ1n) is 11.7. The minimum absolute atomic E-state index is 0.0185. The van der Waals surface area contributed by atoms with Crippen molar-refractivity contribution in [3.63, 3.8) is 0 Å². The quantitative estimate of drug-likeness (QED) is 0.644. The summed E-state index contributed by atoms with van der Waals surface area (Å²) in [5.41, 5.74) is 5.60. The molecule has 1 aromatic carbocycles. The van der Waals surface area contributed by atoms with E-state index < -0.39 is 15.9 Å². The van der Waals surface area contributed by atoms with Crippen LogP contribution in [0, 0.1) is 0 Å². The molecule has 10 nitrogen and oxygen atoms in total. The molecule has 2 aromatic rings. The predicted octanol–water partition coefficient (Wildman–Crippen LogP) is 2.48. The summed E-state index contributed by atoms with van der Waals surface area (Å²) >= 11 is 0. The fourth-order valence-electron chi connectivity index (χ4n) is 5.51. The zero-order chi connectivity index (χ0) is 24.0. The van der Waals surface area contributed by atoms with E-state index in [9.17, 15) is 9.00 Å². The molecule has 1 aromatic heterocycles. The fraction of sp³-hybridized carbons (Fsp3) is 0.565. The van der Waals surface area contributed by atoms with Gasteiger partial charge in [0, 0.05) is 25.3 Å². The lowest BCUT2D eigenvalue weighted by Crippen LogP contribution is -2.24. The van der Waals surface area contributed by atoms with Crippen LogP contribution >= 0.6 is 0 Å². The molecule has 34 heavy (non-hydrogen) atoms. The van der Waals surface area contributed by atoms with E-state index in [1.807, 2.05) is 19.0 Å². The molecule has 5 rings (SSSR count). The number of likely N-dealkylation sites (N-methyl/N-ethyl adjacent to an activating group) is 1. The number of nitrogens with zero attached hydrogens (tertiary/aromatic N) is 4. The molecule has 3 atom stereocenters. The maximum atomic E-state index is 13.4. The Balaban J connectivity index is 1.46. The maximum Gasteiger partial charge on any atom is 0.354 e. The van der Waals surface area contributed by atoms with Crippen LogP contribution in [-0.2, 0) is 33.9 Å². The highest BCUT2D eigenvalue weighted by atomic mass is 32.2. The number of aryl methyl sites for hydroxylation is 2. The normalized spacial score (nSPS) is 22.1. The third-order valence-corrected chi connectivity index (χ3v) is 8.23. The lowest BCUT2D eigenvalue weighted by molar-refractivity contribution is 0.179. The summed E-state index contributed by atoms with van der Waals surface area (Å²) in [4.78, 5) is 15.2. The number of hydrogen-bond acceptors (Lipinski definition) is 6. The Kier molecular flexibility index (Phi) is 6.13. The third-order valence-electron chi connectivity index (χ3n) is 6.88. The van der Waals surface area contributed by atoms with Gasteiger partial charge in [-0.15, -0.1) is 4.36 Å². The van der Waals surface area contributed by atoms with Crippen LogP contribution < -0.4 is 15.2 Å². The Hall–Kier alpha value is -2.47. The van der Waals surface area contributed by atoms with Crippen molar-refractivity contribution in [1.82, 2.24) is 14.7 Å². The van der Waals surface area contributed by atoms with Gasteiger partial charge in [-0.3, -0.25) is 0 Å². The van der Waals surface area contributed by atoms with E-state index in [4.69, 9.17) is 14.6 Å². The van der Waals surface area contributed by atoms with Crippen molar-refractivity contribution < 1.29 is 18.5 Å². The van der Waals surface area contributed by atoms with Crippen LogP contribution in [0.5, 0.6) is 5.88 Å². The average Bonchev–Trinajstić information content (AvgIpc) is 3.52. The van der Waals surface area contributed by atoms with E-state index >= 15 is 0 Å². The second-order valence-corrected chi connectivity index (χ2v) is 11.3. The van der Waals surface area contributed by atoms with E-state index in [1.54, 1.807) is 11.8 Å². The molecule has 3 N–H and O–H groups in total. The molecule has 11 heteroatoms. The first-order valence-corrected chi connectivity index (χ1v) is 13.2. The summed E-state index contributed by atoms with van der Waals surface area (Å²) < 4.78 is 30.1. The summed E-state index contributed by atoms with van der Waals surface area (Å²) in [6.07, 6.45) is 6.27. The number of fused-ring (bicyclic) bond motifs is 3. The van der Waals surface area contributed by atoms with Crippen molar-refractivity contribution in [2.24, 2.45) is 9.50 Å². The fourth-order valence-corrected chi connectivity index (χ4v) is 6.50. The summed E-state index contributed by atoms with van der Waals surface area (Å²) in [7, 11) is 2.06. The number of methoxy groups -OCH3 is 1. The number of urea groups is 1. The van der Waals surface area contributed by atoms with Gasteiger partial charge in [-0.05, 0) is 68.5 Å². The smallest absolute Gasteiger partial charge is 0.354 e. The minimum atomic E-state index is -3.55. The van der Waals surface area contributed by atoms with Gasteiger partial charge in [0.1, 0.15) is 17.5 Å². The number of ether oxygens (including phenoxy) is 2. The van der Waals surface area contributed by atoms with Crippen molar-refractivity contribution in [2.75, 3.05) is 46.3 Å². The molecular weight excluding hydrogens is 456 g/mol. The number of rotatable bonds is 6. The topological polar surface area (TPSA) is 124 Å². The number of nitrogens with one attached hydrogen (secondary N) is 1. The largest absolute Gasteiger partial charge is 0.475 e. The van der Waals surface area contributed by atoms with Crippen molar-refractivity contribution in [3.05, 3.63) is 34.5 Å². The van der Waals surface area contributed by atoms with E-state index in [2.05, 4.69) is 20.8 Å². The van der Waals surface area contributed by atoms with Gasteiger partial charge in [0.2, 0.25) is 5.88 Å². The number of anilines is 1. The molecule has 2 amide bonds. The van der Waals surface area contributed by atoms with Gasteiger partial charge in [-0.1, -0.05) is 6.07 Å². The molecule has 1 aliphatic heterocycles. The second kappa shape index (κ2) is 8.95. The minimum Gasteiger partial charge on any atom is -0.475 e. The number of carbonyl (C=O) groups excluding carboxylic acids is 1. The number of nitrogens with two attached hydrogens (primary N) is 1. The lowest BCUT2D eigenvalue weighted by atomic mass is 9.94. The van der Waals surface area contributed by atoms with Gasteiger partial charge in [0.05, 0.1) is 12.8 Å². The number of amides is 2. The van der Waals surface area contributed by atoms with Crippen LogP contribution in [0.4, 0.5) is 10.5 Å². The Morgan fingerprint density at radius 2 is 2.21 bits per heavy atom. The molecule has 2 heterocycles. The number of hydrogen-bond donors (Lipinski definition) is 2. The Morgan fingerprint density at radius 1 is 1.38 bits per heavy atom. The van der Waals surface area contributed by atoms with Gasteiger partial charge >= 0.3 is 6.03 Å². The van der Waals surface area contributed by atoms with E-state index in [0.29, 0.717) is 25.6 Å². The van der Waals surface area contributed by atoms with Crippen LogP contribution in [0.3, 0.4) is 0 Å². The van der Waals surface area contributed by atoms with E-state index in [-0.39, 0.29) is 16.9 Å². The first-order chi connectivity index (χ1) is 16.3. The second-order valence-electron chi connectivity index (χ2n) is 9.58. The van der Waals surface area contributed by atoms with Crippen LogP contribution in [0.15, 0.2) is 21.5 Å². The molecule has 3 aliphatic rings. The van der Waals surface area contributed by atoms with E-state index in [1.165, 1.54) is 17.3 Å². The van der Waals surface area contributed by atoms with Crippen LogP contribution in [0.1, 0.15) is 47.1 Å². The van der Waals surface area contributed by atoms with E-state index in [0.717, 1.165) is 48.9 Å². The maximum absolute atomic E-state index is 13.4. The molecule has 1 unspecified atom stereocenters. The lowest BCUT2D eigenvalue weighted by Gasteiger charge is -2.19. The molecule has 0 radical (unpaired) electrons. The highest BCUT2D eigenvalue weighted by molar-refractivity contribution is 7.91. The van der Waals surface area contributed by atoms with Gasteiger partial charge in [-0.25, -0.2) is 18.8 Å². The van der Waals surface area contributed by atoms with Crippen molar-refractivity contribution in [3.8, 4) is 5.88 Å². The first kappa shape index (κ1) is 23.3. The molecular formula is C23H32N6O4S. The van der Waals surface area contributed by atoms with Crippen LogP contribution in [-0.4, -0.2) is 65.9 Å². The summed E-state index contributed by atoms with van der Waals surface area (Å²) in [5.74, 6) is 0.530. The van der Waals surface area contributed by atoms with Crippen molar-refractivity contribution in [2.45, 2.75) is 49.0 Å². The van der Waals surface area contributed by atoms with Gasteiger partial charge in [-0.2, -0.15) is 5.10 Å². The molecule has 0 bridgehead atoms. The van der Waals surface area contributed by atoms with Gasteiger partial charge in [0.15, 0.2) is 9.92 Å². The molecule has 0 saturated heterocycles. The van der Waals surface area contributed by atoms with Crippen molar-refractivity contribution in [1.29, 1.82) is 0 Å². The molecule has 0 spiro atoms. The standard InChI is InChI=1S/C23H32N6O4S/c1-28(2)11-17-13-33-22-19(10-25-29(17)22)34(24,31)27-23(30)26-21-18-6-4-5-14(18)9-15-7-8-16(12-32-3)20(15)21/h9-10,16-17H,4-8,11-13H2,1-3H3,(H3,24,26,27,30,31)/t16-,17+,34?/m0/s1. The van der Waals surface area contributed by atoms with Crippen LogP contribution in [0.2, 0.25) is 0 Å². The predicted molar refractivity (Wildman–Crippen MR) is 129 cm³/mol. The van der Waals surface area contributed by atoms with Crippen LogP contribution in [0.25, 0.3) is 0 Å². The number of benzene rings is 1. The average molecular weight is 489 g/mol. The zero-order valence-corrected chi connectivity index (χ0v) is 20.7. The van der Waals surface area contributed by atoms with Gasteiger partial charge < -0.3 is 19.7 Å². The third kappa shape index (κ3) is 4.10. The number of carbonyl (C=O) groups is 1. The highest BCUT2D eigenvalue weighted by Gasteiger charge is 2.33. The highest BCUT2D eigenvalue weighted by Crippen LogP contribution is 2.44. The summed E-state index contributed by atoms with van der Waals surface area (Å²) in [6.45, 7) is 1.71. The Labute approximate surface area is 200 Å². The monoisotopic (exact) mass is 488 g/mol. The molecule has 0 fully saturated rings. The molecule has 184 valence electrons.